The highest BCUT2D eigenvalue weighted by Gasteiger charge is 2.11. The number of pyridine rings is 1. The Hall–Kier alpha value is -1.78. The number of primary amides is 1. The molecule has 0 radical (unpaired) electrons. The van der Waals surface area contributed by atoms with Gasteiger partial charge in [-0.1, -0.05) is 6.92 Å². The zero-order valence-corrected chi connectivity index (χ0v) is 9.56. The summed E-state index contributed by atoms with van der Waals surface area (Å²) >= 11 is 0. The van der Waals surface area contributed by atoms with Crippen LogP contribution in [0.2, 0.25) is 0 Å². The molecule has 5 nitrogen and oxygen atoms in total. The first-order valence-electron chi connectivity index (χ1n) is 5.28. The summed E-state index contributed by atoms with van der Waals surface area (Å²) in [6, 6.07) is 3.11. The van der Waals surface area contributed by atoms with Crippen LogP contribution >= 0.6 is 0 Å². The van der Waals surface area contributed by atoms with E-state index in [0.29, 0.717) is 18.2 Å². The van der Waals surface area contributed by atoms with Crippen LogP contribution in [0.3, 0.4) is 0 Å². The number of nitrogens with one attached hydrogen (secondary N) is 1. The minimum atomic E-state index is -0.473. The van der Waals surface area contributed by atoms with Gasteiger partial charge in [0.05, 0.1) is 6.61 Å². The lowest BCUT2D eigenvalue weighted by molar-refractivity contribution is -0.118. The molecule has 1 aromatic heterocycles. The van der Waals surface area contributed by atoms with E-state index in [-0.39, 0.29) is 0 Å². The second-order valence-corrected chi connectivity index (χ2v) is 3.47. The fraction of sp³-hybridized carbons (Fsp3) is 0.455. The molecule has 1 aromatic rings. The number of nitrogens with zero attached hydrogens (tertiary/aromatic N) is 1. The van der Waals surface area contributed by atoms with Crippen molar-refractivity contribution in [1.29, 1.82) is 0 Å². The molecule has 88 valence electrons. The maximum atomic E-state index is 10.9. The summed E-state index contributed by atoms with van der Waals surface area (Å²) in [5.41, 5.74) is 5.16. The van der Waals surface area contributed by atoms with E-state index in [4.69, 9.17) is 10.5 Å². The maximum Gasteiger partial charge on any atom is 0.239 e. The first-order valence-corrected chi connectivity index (χ1v) is 5.28. The second kappa shape index (κ2) is 5.95. The Bertz CT molecular complexity index is 355. The van der Waals surface area contributed by atoms with Crippen LogP contribution in [0.15, 0.2) is 18.3 Å². The quantitative estimate of drug-likeness (QED) is 0.758. The van der Waals surface area contributed by atoms with Gasteiger partial charge in [0.2, 0.25) is 5.91 Å². The number of anilines is 1. The molecular weight excluding hydrogens is 206 g/mol. The lowest BCUT2D eigenvalue weighted by Crippen LogP contribution is -2.32. The van der Waals surface area contributed by atoms with Crippen LogP contribution in [-0.2, 0) is 4.79 Å². The molecule has 0 saturated carbocycles. The van der Waals surface area contributed by atoms with Crippen molar-refractivity contribution in [2.45, 2.75) is 26.3 Å². The van der Waals surface area contributed by atoms with Gasteiger partial charge in [0.15, 0.2) is 11.6 Å². The smallest absolute Gasteiger partial charge is 0.239 e. The molecule has 1 atom stereocenters. The number of rotatable bonds is 6. The third-order valence-electron chi connectivity index (χ3n) is 2.01. The molecule has 0 saturated heterocycles. The van der Waals surface area contributed by atoms with Gasteiger partial charge in [0.25, 0.3) is 0 Å². The Morgan fingerprint density at radius 2 is 2.44 bits per heavy atom. The van der Waals surface area contributed by atoms with E-state index < -0.39 is 11.9 Å². The van der Waals surface area contributed by atoms with E-state index in [2.05, 4.69) is 10.3 Å². The molecule has 5 heteroatoms. The van der Waals surface area contributed by atoms with Gasteiger partial charge < -0.3 is 15.8 Å². The third kappa shape index (κ3) is 3.42. The molecule has 0 aliphatic heterocycles. The van der Waals surface area contributed by atoms with Gasteiger partial charge in [-0.05, 0) is 25.5 Å². The molecule has 0 aliphatic rings. The van der Waals surface area contributed by atoms with Crippen molar-refractivity contribution in [3.63, 3.8) is 0 Å². The van der Waals surface area contributed by atoms with E-state index in [1.54, 1.807) is 25.3 Å². The summed E-state index contributed by atoms with van der Waals surface area (Å²) < 4.78 is 5.49. The van der Waals surface area contributed by atoms with Crippen LogP contribution < -0.4 is 15.8 Å². The topological polar surface area (TPSA) is 77.2 Å². The highest BCUT2D eigenvalue weighted by Crippen LogP contribution is 2.21. The summed E-state index contributed by atoms with van der Waals surface area (Å²) in [6.45, 7) is 4.32. The molecular formula is C11H17N3O2. The summed E-state index contributed by atoms with van der Waals surface area (Å²) in [7, 11) is 0. The van der Waals surface area contributed by atoms with Crippen molar-refractivity contribution in [2.24, 2.45) is 5.73 Å². The number of hydrogen-bond donors (Lipinski definition) is 2. The van der Waals surface area contributed by atoms with Gasteiger partial charge in [-0.3, -0.25) is 4.79 Å². The van der Waals surface area contributed by atoms with Gasteiger partial charge in [0, 0.05) is 6.20 Å². The van der Waals surface area contributed by atoms with Gasteiger partial charge in [-0.15, -0.1) is 0 Å². The second-order valence-electron chi connectivity index (χ2n) is 3.47. The molecule has 1 unspecified atom stereocenters. The number of carbonyl (C=O) groups excluding carboxylic acids is 1. The van der Waals surface area contributed by atoms with Crippen LogP contribution in [0, 0.1) is 0 Å². The Morgan fingerprint density at radius 3 is 3.06 bits per heavy atom. The van der Waals surface area contributed by atoms with E-state index >= 15 is 0 Å². The van der Waals surface area contributed by atoms with Crippen LogP contribution in [0.25, 0.3) is 0 Å². The molecule has 1 amide bonds. The first kappa shape index (κ1) is 12.3. The number of aromatic nitrogens is 1. The molecule has 0 spiro atoms. The largest absolute Gasteiger partial charge is 0.490 e. The fourth-order valence-corrected chi connectivity index (χ4v) is 1.10. The molecule has 0 bridgehead atoms. The standard InChI is InChI=1S/C11H17N3O2/c1-3-7-16-9-5-4-6-13-11(9)14-8(2)10(12)15/h4-6,8H,3,7H2,1-2H3,(H2,12,15)(H,13,14). The van der Waals surface area contributed by atoms with Gasteiger partial charge in [-0.2, -0.15) is 0 Å². The predicted molar refractivity (Wildman–Crippen MR) is 62.3 cm³/mol. The van der Waals surface area contributed by atoms with Crippen molar-refractivity contribution in [1.82, 2.24) is 4.98 Å². The first-order chi connectivity index (χ1) is 7.65. The Labute approximate surface area is 95.0 Å². The summed E-state index contributed by atoms with van der Waals surface area (Å²) in [6.07, 6.45) is 2.55. The third-order valence-corrected chi connectivity index (χ3v) is 2.01. The summed E-state index contributed by atoms with van der Waals surface area (Å²) in [4.78, 5) is 15.0. The zero-order valence-electron chi connectivity index (χ0n) is 9.56. The number of carbonyl (C=O) groups is 1. The molecule has 16 heavy (non-hydrogen) atoms. The average molecular weight is 223 g/mol. The van der Waals surface area contributed by atoms with E-state index in [0.717, 1.165) is 6.42 Å². The molecule has 1 heterocycles. The number of nitrogens with two attached hydrogens (primary N) is 1. The van der Waals surface area contributed by atoms with Crippen molar-refractivity contribution < 1.29 is 9.53 Å². The molecule has 1 rings (SSSR count). The average Bonchev–Trinajstić information content (AvgIpc) is 2.27. The van der Waals surface area contributed by atoms with Gasteiger partial charge in [-0.25, -0.2) is 4.98 Å². The van der Waals surface area contributed by atoms with E-state index in [1.807, 2.05) is 6.92 Å². The maximum absolute atomic E-state index is 10.9. The monoisotopic (exact) mass is 223 g/mol. The van der Waals surface area contributed by atoms with Crippen LogP contribution in [0.5, 0.6) is 5.75 Å². The SMILES string of the molecule is CCCOc1cccnc1NC(C)C(N)=O. The molecule has 0 fully saturated rings. The van der Waals surface area contributed by atoms with E-state index in [9.17, 15) is 4.79 Å². The zero-order chi connectivity index (χ0) is 12.0. The normalized spacial score (nSPS) is 11.9. The Morgan fingerprint density at radius 1 is 1.69 bits per heavy atom. The number of hydrogen-bond acceptors (Lipinski definition) is 4. The Balaban J connectivity index is 2.74. The predicted octanol–water partition coefficient (Wildman–Crippen LogP) is 1.16. The number of amides is 1. The summed E-state index contributed by atoms with van der Waals surface area (Å²) in [5, 5.41) is 2.91. The van der Waals surface area contributed by atoms with E-state index in [1.165, 1.54) is 0 Å². The van der Waals surface area contributed by atoms with Crippen LogP contribution in [-0.4, -0.2) is 23.5 Å². The minimum absolute atomic E-state index is 0.424. The summed E-state index contributed by atoms with van der Waals surface area (Å²) in [5.74, 6) is 0.756. The van der Waals surface area contributed by atoms with Gasteiger partial charge in [0.1, 0.15) is 6.04 Å². The Kier molecular flexibility index (Phi) is 4.57. The van der Waals surface area contributed by atoms with Crippen molar-refractivity contribution in [2.75, 3.05) is 11.9 Å². The molecule has 0 aromatic carbocycles. The van der Waals surface area contributed by atoms with Crippen LogP contribution in [0.4, 0.5) is 5.82 Å². The fourth-order valence-electron chi connectivity index (χ4n) is 1.10. The van der Waals surface area contributed by atoms with Crippen molar-refractivity contribution in [3.8, 4) is 5.75 Å². The molecule has 3 N–H and O–H groups in total. The van der Waals surface area contributed by atoms with Crippen molar-refractivity contribution >= 4 is 11.7 Å². The van der Waals surface area contributed by atoms with Crippen LogP contribution in [0.1, 0.15) is 20.3 Å². The lowest BCUT2D eigenvalue weighted by Gasteiger charge is -2.14. The minimum Gasteiger partial charge on any atom is -0.490 e. The lowest BCUT2D eigenvalue weighted by atomic mass is 10.3. The highest BCUT2D eigenvalue weighted by molar-refractivity contribution is 5.82. The molecule has 0 aliphatic carbocycles. The highest BCUT2D eigenvalue weighted by atomic mass is 16.5. The number of ether oxygens (including phenoxy) is 1. The van der Waals surface area contributed by atoms with Crippen molar-refractivity contribution in [3.05, 3.63) is 18.3 Å². The van der Waals surface area contributed by atoms with Gasteiger partial charge >= 0.3 is 0 Å².